The fraction of sp³-hybridized carbons (Fsp3) is 0.289. The van der Waals surface area contributed by atoms with E-state index in [0.29, 0.717) is 12.0 Å². The molecular formula is C38H44O3Si2. The molecule has 2 atom stereocenters. The number of carbonyl (C=O) groups is 1. The molecule has 1 aliphatic carbocycles. The lowest BCUT2D eigenvalue weighted by molar-refractivity contribution is -0.105. The van der Waals surface area contributed by atoms with Crippen molar-refractivity contribution in [3.05, 3.63) is 133 Å². The van der Waals surface area contributed by atoms with Gasteiger partial charge in [-0.05, 0) is 36.9 Å². The van der Waals surface area contributed by atoms with Crippen LogP contribution >= 0.6 is 0 Å². The van der Waals surface area contributed by atoms with E-state index < -0.39 is 16.6 Å². The standard InChI is InChI=1S/C38H44O3Si2/c1-37(2,3)42(32-19-11-7-12-20-32,33-21-13-8-14-22-33)40-31-27-30(29-39)36(28-31)41-43(38(4,5)6,34-23-15-9-16-24-34)35-25-17-10-18-26-35/h7-27,29,31,36H,28H2,1-6H3. The van der Waals surface area contributed by atoms with Gasteiger partial charge < -0.3 is 8.85 Å². The Kier molecular flexibility index (Phi) is 8.91. The molecule has 0 amide bonds. The van der Waals surface area contributed by atoms with Crippen LogP contribution in [-0.2, 0) is 13.6 Å². The summed E-state index contributed by atoms with van der Waals surface area (Å²) in [6.45, 7) is 13.7. The van der Waals surface area contributed by atoms with Gasteiger partial charge in [0.05, 0.1) is 12.2 Å². The summed E-state index contributed by atoms with van der Waals surface area (Å²) < 4.78 is 14.9. The summed E-state index contributed by atoms with van der Waals surface area (Å²) in [6, 6.07) is 42.6. The second kappa shape index (κ2) is 12.3. The number of benzene rings is 4. The molecule has 0 bridgehead atoms. The van der Waals surface area contributed by atoms with E-state index in [9.17, 15) is 4.79 Å². The molecule has 0 spiro atoms. The number of rotatable bonds is 9. The average Bonchev–Trinajstić information content (AvgIpc) is 3.40. The topological polar surface area (TPSA) is 35.5 Å². The number of hydrogen-bond acceptors (Lipinski definition) is 3. The molecule has 0 saturated heterocycles. The Hall–Kier alpha value is -3.36. The quantitative estimate of drug-likeness (QED) is 0.164. The second-order valence-corrected chi connectivity index (χ2v) is 22.1. The van der Waals surface area contributed by atoms with Crippen LogP contribution < -0.4 is 20.7 Å². The molecule has 1 aliphatic rings. The molecule has 3 nitrogen and oxygen atoms in total. The van der Waals surface area contributed by atoms with Crippen LogP contribution in [0.4, 0.5) is 0 Å². The first-order valence-corrected chi connectivity index (χ1v) is 19.1. The van der Waals surface area contributed by atoms with Crippen LogP contribution in [0.15, 0.2) is 133 Å². The van der Waals surface area contributed by atoms with E-state index in [1.54, 1.807) is 0 Å². The van der Waals surface area contributed by atoms with Crippen molar-refractivity contribution < 1.29 is 13.6 Å². The Bertz CT molecular complexity index is 1440. The minimum absolute atomic E-state index is 0.165. The maximum atomic E-state index is 12.7. The summed E-state index contributed by atoms with van der Waals surface area (Å²) in [5.41, 5.74) is 0.677. The molecule has 222 valence electrons. The van der Waals surface area contributed by atoms with Crippen molar-refractivity contribution in [2.75, 3.05) is 0 Å². The third-order valence-electron chi connectivity index (χ3n) is 8.81. The molecule has 4 aromatic rings. The molecule has 0 heterocycles. The number of carbonyl (C=O) groups excluding carboxylic acids is 1. The zero-order valence-corrected chi connectivity index (χ0v) is 28.3. The lowest BCUT2D eigenvalue weighted by Gasteiger charge is -2.46. The highest BCUT2D eigenvalue weighted by Gasteiger charge is 2.55. The minimum atomic E-state index is -2.87. The predicted octanol–water partition coefficient (Wildman–Crippen LogP) is 6.41. The summed E-state index contributed by atoms with van der Waals surface area (Å²) in [4.78, 5) is 12.7. The van der Waals surface area contributed by atoms with Crippen molar-refractivity contribution in [2.24, 2.45) is 0 Å². The fourth-order valence-electron chi connectivity index (χ4n) is 6.87. The summed E-state index contributed by atoms with van der Waals surface area (Å²) >= 11 is 0. The van der Waals surface area contributed by atoms with Crippen LogP contribution in [-0.4, -0.2) is 35.1 Å². The maximum absolute atomic E-state index is 12.7. The summed E-state index contributed by atoms with van der Waals surface area (Å²) in [7, 11) is -5.68. The van der Waals surface area contributed by atoms with Gasteiger partial charge in [0, 0.05) is 12.0 Å². The third-order valence-corrected chi connectivity index (χ3v) is 18.9. The van der Waals surface area contributed by atoms with Gasteiger partial charge in [0.1, 0.15) is 6.29 Å². The molecule has 0 fully saturated rings. The highest BCUT2D eigenvalue weighted by molar-refractivity contribution is 7.00. The largest absolute Gasteiger partial charge is 0.401 e. The van der Waals surface area contributed by atoms with E-state index in [1.807, 2.05) is 6.08 Å². The molecule has 5 heteroatoms. The van der Waals surface area contributed by atoms with E-state index in [2.05, 4.69) is 163 Å². The summed E-state index contributed by atoms with van der Waals surface area (Å²) in [5, 5.41) is 4.51. The van der Waals surface area contributed by atoms with E-state index in [-0.39, 0.29) is 22.3 Å². The maximum Gasteiger partial charge on any atom is 0.261 e. The highest BCUT2D eigenvalue weighted by Crippen LogP contribution is 2.42. The minimum Gasteiger partial charge on any atom is -0.401 e. The van der Waals surface area contributed by atoms with Crippen molar-refractivity contribution in [1.82, 2.24) is 0 Å². The second-order valence-electron chi connectivity index (χ2n) is 13.6. The first kappa shape index (κ1) is 31.1. The van der Waals surface area contributed by atoms with Crippen LogP contribution in [0, 0.1) is 0 Å². The lowest BCUT2D eigenvalue weighted by atomic mass is 10.2. The van der Waals surface area contributed by atoms with E-state index >= 15 is 0 Å². The van der Waals surface area contributed by atoms with Gasteiger partial charge in [-0.25, -0.2) is 0 Å². The first-order chi connectivity index (χ1) is 20.5. The molecule has 4 aromatic carbocycles. The van der Waals surface area contributed by atoms with Gasteiger partial charge in [-0.2, -0.15) is 0 Å². The molecule has 0 saturated carbocycles. The van der Waals surface area contributed by atoms with Crippen molar-refractivity contribution >= 4 is 43.7 Å². The predicted molar refractivity (Wildman–Crippen MR) is 184 cm³/mol. The van der Waals surface area contributed by atoms with Gasteiger partial charge >= 0.3 is 0 Å². The van der Waals surface area contributed by atoms with Crippen LogP contribution in [0.2, 0.25) is 10.1 Å². The average molecular weight is 605 g/mol. The van der Waals surface area contributed by atoms with E-state index in [0.717, 1.165) is 6.29 Å². The van der Waals surface area contributed by atoms with Crippen LogP contribution in [0.1, 0.15) is 48.0 Å². The molecule has 0 radical (unpaired) electrons. The molecule has 43 heavy (non-hydrogen) atoms. The van der Waals surface area contributed by atoms with Crippen LogP contribution in [0.25, 0.3) is 0 Å². The fourth-order valence-corrected chi connectivity index (χ4v) is 16.2. The molecule has 2 unspecified atom stereocenters. The number of aldehydes is 1. The van der Waals surface area contributed by atoms with Gasteiger partial charge in [0.25, 0.3) is 16.6 Å². The van der Waals surface area contributed by atoms with Gasteiger partial charge in [-0.1, -0.05) is 163 Å². The normalized spacial score (nSPS) is 17.9. The van der Waals surface area contributed by atoms with Gasteiger partial charge in [0.2, 0.25) is 0 Å². The zero-order chi connectivity index (χ0) is 30.7. The van der Waals surface area contributed by atoms with E-state index in [1.165, 1.54) is 20.7 Å². The monoisotopic (exact) mass is 604 g/mol. The Labute approximate surface area is 259 Å². The molecule has 0 aromatic heterocycles. The van der Waals surface area contributed by atoms with Gasteiger partial charge in [0.15, 0.2) is 0 Å². The van der Waals surface area contributed by atoms with Gasteiger partial charge in [-0.3, -0.25) is 4.79 Å². The van der Waals surface area contributed by atoms with Crippen molar-refractivity contribution in [2.45, 2.75) is 70.2 Å². The lowest BCUT2D eigenvalue weighted by Crippen LogP contribution is -2.68. The third kappa shape index (κ3) is 5.79. The van der Waals surface area contributed by atoms with Crippen molar-refractivity contribution in [3.63, 3.8) is 0 Å². The van der Waals surface area contributed by atoms with Crippen molar-refractivity contribution in [1.29, 1.82) is 0 Å². The van der Waals surface area contributed by atoms with Crippen LogP contribution in [0.5, 0.6) is 0 Å². The SMILES string of the molecule is CC(C)(C)[Si](OC1C=C(C=O)C(O[Si](c2ccccc2)(c2ccccc2)C(C)(C)C)C1)(c1ccccc1)c1ccccc1. The Balaban J connectivity index is 1.59. The Morgan fingerprint density at radius 3 is 1.19 bits per heavy atom. The molecule has 0 N–H and O–H groups in total. The molecule has 0 aliphatic heterocycles. The zero-order valence-electron chi connectivity index (χ0n) is 26.3. The van der Waals surface area contributed by atoms with Crippen molar-refractivity contribution in [3.8, 4) is 0 Å². The van der Waals surface area contributed by atoms with E-state index in [4.69, 9.17) is 8.85 Å². The molecule has 5 rings (SSSR count). The highest BCUT2D eigenvalue weighted by atomic mass is 28.4. The van der Waals surface area contributed by atoms with Gasteiger partial charge in [-0.15, -0.1) is 0 Å². The Morgan fingerprint density at radius 2 is 0.884 bits per heavy atom. The first-order valence-electron chi connectivity index (χ1n) is 15.3. The summed E-state index contributed by atoms with van der Waals surface area (Å²) in [5.74, 6) is 0. The van der Waals surface area contributed by atoms with Crippen LogP contribution in [0.3, 0.4) is 0 Å². The molecular weight excluding hydrogens is 561 g/mol. The summed E-state index contributed by atoms with van der Waals surface area (Å²) in [6.07, 6.45) is 3.00. The smallest absolute Gasteiger partial charge is 0.261 e. The number of hydrogen-bond donors (Lipinski definition) is 0. The Morgan fingerprint density at radius 1 is 0.558 bits per heavy atom.